The molecule has 0 aliphatic carbocycles. The number of H-pyrrole nitrogens is 1. The van der Waals surface area contributed by atoms with Gasteiger partial charge in [-0.25, -0.2) is 9.49 Å². The molecular weight excluding hydrogens is 377 g/mol. The van der Waals surface area contributed by atoms with E-state index in [0.29, 0.717) is 22.7 Å². The lowest BCUT2D eigenvalue weighted by Crippen LogP contribution is -2.26. The highest BCUT2D eigenvalue weighted by atomic mass is 32.1. The van der Waals surface area contributed by atoms with E-state index in [2.05, 4.69) is 33.2 Å². The monoisotopic (exact) mass is 399 g/mol. The first kappa shape index (κ1) is 19.9. The average molecular weight is 399 g/mol. The molecule has 0 saturated carbocycles. The smallest absolute Gasteiger partial charge is 0.216 e. The molecule has 6 nitrogen and oxygen atoms in total. The second-order valence-electron chi connectivity index (χ2n) is 6.26. The van der Waals surface area contributed by atoms with Gasteiger partial charge in [-0.3, -0.25) is 0 Å². The van der Waals surface area contributed by atoms with E-state index in [1.54, 1.807) is 18.3 Å². The van der Waals surface area contributed by atoms with Gasteiger partial charge in [-0.05, 0) is 73.6 Å². The maximum Gasteiger partial charge on any atom is 0.216 e. The molecule has 3 rings (SSSR count). The van der Waals surface area contributed by atoms with Crippen molar-refractivity contribution < 1.29 is 9.50 Å². The van der Waals surface area contributed by atoms with Crippen LogP contribution in [0.2, 0.25) is 0 Å². The van der Waals surface area contributed by atoms with E-state index >= 15 is 0 Å². The van der Waals surface area contributed by atoms with Crippen LogP contribution in [0.25, 0.3) is 11.4 Å². The number of aromatic amines is 1. The van der Waals surface area contributed by atoms with Crippen molar-refractivity contribution >= 4 is 24.1 Å². The quantitative estimate of drug-likeness (QED) is 0.469. The summed E-state index contributed by atoms with van der Waals surface area (Å²) in [6.45, 7) is 5.58. The van der Waals surface area contributed by atoms with E-state index < -0.39 is 0 Å². The molecular formula is C20H22FN5OS. The molecule has 0 fully saturated rings. The summed E-state index contributed by atoms with van der Waals surface area (Å²) in [6, 6.07) is 12.1. The number of hydrogen-bond acceptors (Lipinski definition) is 5. The van der Waals surface area contributed by atoms with Crippen LogP contribution >= 0.6 is 12.2 Å². The molecule has 0 aliphatic heterocycles. The minimum Gasteiger partial charge on any atom is -0.395 e. The summed E-state index contributed by atoms with van der Waals surface area (Å²) in [7, 11) is 0. The Morgan fingerprint density at radius 1 is 1.29 bits per heavy atom. The Kier molecular flexibility index (Phi) is 6.33. The zero-order chi connectivity index (χ0) is 20.1. The largest absolute Gasteiger partial charge is 0.395 e. The number of rotatable bonds is 7. The Morgan fingerprint density at radius 3 is 2.68 bits per heavy atom. The molecule has 0 unspecified atom stereocenters. The van der Waals surface area contributed by atoms with Gasteiger partial charge in [-0.1, -0.05) is 6.07 Å². The molecule has 3 aromatic rings. The van der Waals surface area contributed by atoms with Crippen molar-refractivity contribution in [2.24, 2.45) is 5.10 Å². The van der Waals surface area contributed by atoms with E-state index in [4.69, 9.17) is 12.2 Å². The number of aliphatic hydroxyl groups is 1. The van der Waals surface area contributed by atoms with Gasteiger partial charge in [0.1, 0.15) is 5.82 Å². The number of aliphatic hydroxyl groups excluding tert-OH is 1. The summed E-state index contributed by atoms with van der Waals surface area (Å²) in [5.41, 5.74) is 3.76. The van der Waals surface area contributed by atoms with E-state index in [0.717, 1.165) is 23.4 Å². The van der Waals surface area contributed by atoms with Gasteiger partial charge in [0.15, 0.2) is 5.82 Å². The number of nitrogens with one attached hydrogen (secondary N) is 1. The Labute approximate surface area is 168 Å². The summed E-state index contributed by atoms with van der Waals surface area (Å²) in [6.07, 6.45) is 1.72. The maximum absolute atomic E-state index is 13.2. The number of halogens is 1. The normalized spacial score (nSPS) is 11.3. The average Bonchev–Trinajstić information content (AvgIpc) is 3.06. The summed E-state index contributed by atoms with van der Waals surface area (Å²) in [4.78, 5) is 2.10. The number of hydrogen-bond donors (Lipinski definition) is 2. The Bertz CT molecular complexity index is 1030. The van der Waals surface area contributed by atoms with Gasteiger partial charge in [0.2, 0.25) is 4.77 Å². The molecule has 0 atom stereocenters. The fourth-order valence-corrected chi connectivity index (χ4v) is 3.08. The topological polar surface area (TPSA) is 69.4 Å². The first-order valence-corrected chi connectivity index (χ1v) is 9.38. The molecule has 1 heterocycles. The third-order valence-electron chi connectivity index (χ3n) is 4.44. The number of aromatic nitrogens is 3. The van der Waals surface area contributed by atoms with Gasteiger partial charge in [0.25, 0.3) is 0 Å². The van der Waals surface area contributed by atoms with Crippen molar-refractivity contribution in [3.8, 4) is 11.4 Å². The highest BCUT2D eigenvalue weighted by Crippen LogP contribution is 2.20. The van der Waals surface area contributed by atoms with E-state index in [1.165, 1.54) is 16.8 Å². The second kappa shape index (κ2) is 8.90. The van der Waals surface area contributed by atoms with Crippen molar-refractivity contribution in [3.05, 3.63) is 64.2 Å². The van der Waals surface area contributed by atoms with Crippen LogP contribution in [0.4, 0.5) is 10.1 Å². The van der Waals surface area contributed by atoms with E-state index in [1.807, 2.05) is 19.1 Å². The number of anilines is 1. The van der Waals surface area contributed by atoms with Crippen LogP contribution in [0.15, 0.2) is 47.6 Å². The molecule has 0 aliphatic rings. The number of benzene rings is 2. The number of nitrogens with zero attached hydrogens (tertiary/aromatic N) is 4. The van der Waals surface area contributed by atoms with Crippen molar-refractivity contribution in [1.82, 2.24) is 14.9 Å². The van der Waals surface area contributed by atoms with Gasteiger partial charge in [0, 0.05) is 24.3 Å². The highest BCUT2D eigenvalue weighted by Gasteiger charge is 2.09. The standard InChI is InChI=1S/C20H22FN5OS/c1-3-25(10-11-27)18-9-6-16(14(2)12-18)13-22-26-19(23-24-20(26)28)15-4-7-17(21)8-5-15/h4-9,12-13,27H,3,10-11H2,1-2H3,(H,24,28)/b22-13-. The van der Waals surface area contributed by atoms with Gasteiger partial charge >= 0.3 is 0 Å². The van der Waals surface area contributed by atoms with Crippen LogP contribution in [0.5, 0.6) is 0 Å². The third-order valence-corrected chi connectivity index (χ3v) is 4.70. The van der Waals surface area contributed by atoms with Gasteiger partial charge in [0.05, 0.1) is 12.8 Å². The fourth-order valence-electron chi connectivity index (χ4n) is 2.90. The van der Waals surface area contributed by atoms with Crippen LogP contribution in [0.1, 0.15) is 18.1 Å². The molecule has 146 valence electrons. The molecule has 28 heavy (non-hydrogen) atoms. The summed E-state index contributed by atoms with van der Waals surface area (Å²) in [5, 5.41) is 20.6. The fraction of sp³-hybridized carbons (Fsp3) is 0.250. The van der Waals surface area contributed by atoms with Crippen molar-refractivity contribution in [1.29, 1.82) is 0 Å². The molecule has 0 radical (unpaired) electrons. The predicted octanol–water partition coefficient (Wildman–Crippen LogP) is 3.76. The summed E-state index contributed by atoms with van der Waals surface area (Å²) >= 11 is 5.27. The second-order valence-corrected chi connectivity index (χ2v) is 6.65. The third kappa shape index (κ3) is 4.35. The lowest BCUT2D eigenvalue weighted by molar-refractivity contribution is 0.302. The Hall–Kier alpha value is -2.84. The molecule has 0 bridgehead atoms. The first-order valence-electron chi connectivity index (χ1n) is 8.97. The predicted molar refractivity (Wildman–Crippen MR) is 112 cm³/mol. The van der Waals surface area contributed by atoms with E-state index in [9.17, 15) is 9.50 Å². The molecule has 1 aromatic heterocycles. The summed E-state index contributed by atoms with van der Waals surface area (Å²) in [5.74, 6) is 0.196. The first-order chi connectivity index (χ1) is 13.5. The minimum atomic E-state index is -0.314. The Balaban J connectivity index is 1.89. The lowest BCUT2D eigenvalue weighted by atomic mass is 10.1. The molecule has 0 spiro atoms. The van der Waals surface area contributed by atoms with E-state index in [-0.39, 0.29) is 12.4 Å². The Morgan fingerprint density at radius 2 is 2.04 bits per heavy atom. The van der Waals surface area contributed by atoms with Crippen LogP contribution in [0, 0.1) is 17.5 Å². The van der Waals surface area contributed by atoms with Crippen LogP contribution in [-0.2, 0) is 0 Å². The molecule has 2 aromatic carbocycles. The zero-order valence-electron chi connectivity index (χ0n) is 15.8. The van der Waals surface area contributed by atoms with Gasteiger partial charge in [-0.2, -0.15) is 14.9 Å². The summed E-state index contributed by atoms with van der Waals surface area (Å²) < 4.78 is 15.0. The molecule has 0 amide bonds. The molecule has 2 N–H and O–H groups in total. The SMILES string of the molecule is CCN(CCO)c1ccc(/C=N\n2c(-c3ccc(F)cc3)n[nH]c2=S)c(C)c1. The minimum absolute atomic E-state index is 0.112. The lowest BCUT2D eigenvalue weighted by Gasteiger charge is -2.22. The highest BCUT2D eigenvalue weighted by molar-refractivity contribution is 7.71. The van der Waals surface area contributed by atoms with Crippen LogP contribution in [-0.4, -0.2) is 45.9 Å². The van der Waals surface area contributed by atoms with Crippen LogP contribution < -0.4 is 4.90 Å². The molecule has 8 heteroatoms. The van der Waals surface area contributed by atoms with Crippen molar-refractivity contribution in [2.45, 2.75) is 13.8 Å². The number of aryl methyl sites for hydroxylation is 1. The van der Waals surface area contributed by atoms with Crippen molar-refractivity contribution in [2.75, 3.05) is 24.6 Å². The van der Waals surface area contributed by atoms with Gasteiger partial charge < -0.3 is 10.0 Å². The van der Waals surface area contributed by atoms with Crippen LogP contribution in [0.3, 0.4) is 0 Å². The maximum atomic E-state index is 13.2. The number of likely N-dealkylation sites (N-methyl/N-ethyl adjacent to an activating group) is 1. The van der Waals surface area contributed by atoms with Gasteiger partial charge in [-0.15, -0.1) is 0 Å². The zero-order valence-corrected chi connectivity index (χ0v) is 16.6. The molecule has 0 saturated heterocycles. The van der Waals surface area contributed by atoms with Crippen molar-refractivity contribution in [3.63, 3.8) is 0 Å².